The Hall–Kier alpha value is -4.85. The number of likely N-dealkylation sites (N-methyl/N-ethyl adjacent to an activating group) is 1. The molecule has 276 valence electrons. The summed E-state index contributed by atoms with van der Waals surface area (Å²) in [6.07, 6.45) is -0.977. The highest BCUT2D eigenvalue weighted by molar-refractivity contribution is 5.93. The molecule has 0 aromatic heterocycles. The normalized spacial score (nSPS) is 11.9. The van der Waals surface area contributed by atoms with Crippen molar-refractivity contribution in [2.45, 2.75) is 71.8 Å². The molecule has 0 heterocycles. The monoisotopic (exact) mass is 718 g/mol. The zero-order valence-corrected chi connectivity index (χ0v) is 30.4. The van der Waals surface area contributed by atoms with Gasteiger partial charge in [0.05, 0.1) is 6.54 Å². The molecule has 0 aliphatic heterocycles. The minimum absolute atomic E-state index is 0. The van der Waals surface area contributed by atoms with Crippen molar-refractivity contribution in [3.63, 3.8) is 0 Å². The molecule has 50 heavy (non-hydrogen) atoms. The minimum atomic E-state index is -1.03. The number of halogens is 1. The van der Waals surface area contributed by atoms with E-state index in [0.717, 1.165) is 16.0 Å². The summed E-state index contributed by atoms with van der Waals surface area (Å²) in [5.41, 5.74) is 0.838. The van der Waals surface area contributed by atoms with Crippen molar-refractivity contribution in [1.29, 1.82) is 0 Å². The Morgan fingerprint density at radius 3 is 1.86 bits per heavy atom. The summed E-state index contributed by atoms with van der Waals surface area (Å²) in [6.45, 7) is 8.55. The zero-order chi connectivity index (χ0) is 36.4. The Balaban J connectivity index is 0.0000125. The number of nitrogens with one attached hydrogen (secondary N) is 5. The van der Waals surface area contributed by atoms with Crippen molar-refractivity contribution in [3.05, 3.63) is 71.8 Å². The van der Waals surface area contributed by atoms with E-state index in [9.17, 15) is 28.8 Å². The summed E-state index contributed by atoms with van der Waals surface area (Å²) in [6, 6.07) is 16.3. The first-order valence-corrected chi connectivity index (χ1v) is 16.2. The Kier molecular flexibility index (Phi) is 19.0. The maximum atomic E-state index is 13.4. The van der Waals surface area contributed by atoms with Crippen LogP contribution in [0.2, 0.25) is 0 Å². The Morgan fingerprint density at radius 1 is 0.740 bits per heavy atom. The number of nitrogens with zero attached hydrogens (tertiary/aromatic N) is 1. The molecular formula is C35H51ClN6O8. The van der Waals surface area contributed by atoms with Gasteiger partial charge in [-0.05, 0) is 44.2 Å². The van der Waals surface area contributed by atoms with Gasteiger partial charge in [0.2, 0.25) is 23.6 Å². The molecule has 5 N–H and O–H groups in total. The van der Waals surface area contributed by atoms with Crippen LogP contribution in [0.25, 0.3) is 0 Å². The van der Waals surface area contributed by atoms with Gasteiger partial charge in [0, 0.05) is 26.6 Å². The average Bonchev–Trinajstić information content (AvgIpc) is 3.03. The molecule has 0 spiro atoms. The number of hydrogen-bond donors (Lipinski definition) is 5. The largest absolute Gasteiger partial charge is 0.445 e. The van der Waals surface area contributed by atoms with E-state index in [-0.39, 0.29) is 64.0 Å². The second-order valence-corrected chi connectivity index (χ2v) is 12.9. The van der Waals surface area contributed by atoms with E-state index in [1.807, 2.05) is 74.5 Å². The summed E-state index contributed by atoms with van der Waals surface area (Å²) in [5, 5.41) is 13.1. The summed E-state index contributed by atoms with van der Waals surface area (Å²) in [7, 11) is 1.44. The van der Waals surface area contributed by atoms with Crippen LogP contribution in [-0.2, 0) is 41.7 Å². The third-order valence-corrected chi connectivity index (χ3v) is 6.72. The zero-order valence-electron chi connectivity index (χ0n) is 29.6. The van der Waals surface area contributed by atoms with Crippen molar-refractivity contribution in [2.24, 2.45) is 5.92 Å². The van der Waals surface area contributed by atoms with Gasteiger partial charge < -0.3 is 41.0 Å². The predicted octanol–water partition coefficient (Wildman–Crippen LogP) is 2.69. The standard InChI is InChI=1S/C35H50N6O8.ClH/c1-24(2)19-27(39-32(45)28(20-25-13-9-7-10-14-25)40-33(46)49-35(3,4)5)31(44)38-21-29(42)36-17-18-37-30(43)22-41(6)34(47)48-23-26-15-11-8-12-16-26;/h7-16,24,27-28H,17-23H2,1-6H3,(H,36,42)(H,37,43)(H,38,44)(H,39,45)(H,40,46);1H/t27-,28-;/m0./s1. The third-order valence-electron chi connectivity index (χ3n) is 6.72. The first kappa shape index (κ1) is 43.2. The van der Waals surface area contributed by atoms with Crippen molar-refractivity contribution >= 4 is 48.2 Å². The number of alkyl carbamates (subject to hydrolysis) is 1. The first-order valence-electron chi connectivity index (χ1n) is 16.2. The molecule has 2 aromatic rings. The first-order chi connectivity index (χ1) is 23.1. The third kappa shape index (κ3) is 18.1. The molecular weight excluding hydrogens is 668 g/mol. The number of ether oxygens (including phenoxy) is 2. The highest BCUT2D eigenvalue weighted by Crippen LogP contribution is 2.11. The van der Waals surface area contributed by atoms with E-state index in [1.165, 1.54) is 7.05 Å². The smallest absolute Gasteiger partial charge is 0.410 e. The van der Waals surface area contributed by atoms with Crippen molar-refractivity contribution < 1.29 is 38.2 Å². The summed E-state index contributed by atoms with van der Waals surface area (Å²) < 4.78 is 10.5. The molecule has 0 radical (unpaired) electrons. The molecule has 0 saturated heterocycles. The SMILES string of the molecule is CC(C)C[C@H](NC(=O)[C@H](Cc1ccccc1)NC(=O)OC(C)(C)C)C(=O)NCC(=O)NCCNC(=O)CN(C)C(=O)OCc1ccccc1.Cl. The molecule has 0 bridgehead atoms. The van der Waals surface area contributed by atoms with Crippen LogP contribution in [0, 0.1) is 5.92 Å². The van der Waals surface area contributed by atoms with E-state index in [2.05, 4.69) is 26.6 Å². The van der Waals surface area contributed by atoms with Crippen LogP contribution in [-0.4, -0.2) is 91.6 Å². The Labute approximate surface area is 300 Å². The molecule has 0 fully saturated rings. The van der Waals surface area contributed by atoms with E-state index in [4.69, 9.17) is 9.47 Å². The average molecular weight is 719 g/mol. The van der Waals surface area contributed by atoms with E-state index >= 15 is 0 Å². The van der Waals surface area contributed by atoms with Crippen LogP contribution in [0.1, 0.15) is 52.2 Å². The second kappa shape index (κ2) is 22.0. The molecule has 0 aliphatic carbocycles. The van der Waals surface area contributed by atoms with Gasteiger partial charge in [-0.1, -0.05) is 74.5 Å². The lowest BCUT2D eigenvalue weighted by atomic mass is 10.0. The molecule has 2 rings (SSSR count). The van der Waals surface area contributed by atoms with Crippen molar-refractivity contribution in [3.8, 4) is 0 Å². The summed E-state index contributed by atoms with van der Waals surface area (Å²) in [5.74, 6) is -2.08. The van der Waals surface area contributed by atoms with E-state index in [0.29, 0.717) is 0 Å². The van der Waals surface area contributed by atoms with Gasteiger partial charge in [0.1, 0.15) is 30.8 Å². The number of benzene rings is 2. The van der Waals surface area contributed by atoms with Crippen LogP contribution >= 0.6 is 12.4 Å². The molecule has 6 amide bonds. The van der Waals surface area contributed by atoms with Crippen LogP contribution in [0.4, 0.5) is 9.59 Å². The number of rotatable bonds is 17. The van der Waals surface area contributed by atoms with Crippen LogP contribution in [0.3, 0.4) is 0 Å². The molecule has 15 heteroatoms. The Bertz CT molecular complexity index is 1390. The lowest BCUT2D eigenvalue weighted by molar-refractivity contribution is -0.131. The fourth-order valence-corrected chi connectivity index (χ4v) is 4.41. The maximum absolute atomic E-state index is 13.4. The summed E-state index contributed by atoms with van der Waals surface area (Å²) in [4.78, 5) is 77.0. The van der Waals surface area contributed by atoms with E-state index < -0.39 is 53.5 Å². The maximum Gasteiger partial charge on any atom is 0.410 e. The fourth-order valence-electron chi connectivity index (χ4n) is 4.41. The minimum Gasteiger partial charge on any atom is -0.445 e. The van der Waals surface area contributed by atoms with Gasteiger partial charge in [0.25, 0.3) is 0 Å². The van der Waals surface area contributed by atoms with Crippen molar-refractivity contribution in [2.75, 3.05) is 33.2 Å². The van der Waals surface area contributed by atoms with Gasteiger partial charge in [-0.15, -0.1) is 12.4 Å². The Morgan fingerprint density at radius 2 is 1.30 bits per heavy atom. The lowest BCUT2D eigenvalue weighted by Gasteiger charge is -2.26. The topological polar surface area (TPSA) is 184 Å². The number of hydrogen-bond acceptors (Lipinski definition) is 8. The highest BCUT2D eigenvalue weighted by Gasteiger charge is 2.29. The highest BCUT2D eigenvalue weighted by atomic mass is 35.5. The molecule has 14 nitrogen and oxygen atoms in total. The van der Waals surface area contributed by atoms with E-state index in [1.54, 1.807) is 20.8 Å². The van der Waals surface area contributed by atoms with Gasteiger partial charge in [0.15, 0.2) is 0 Å². The molecule has 2 aromatic carbocycles. The van der Waals surface area contributed by atoms with Crippen molar-refractivity contribution in [1.82, 2.24) is 31.5 Å². The quantitative estimate of drug-likeness (QED) is 0.155. The number of carbonyl (C=O) groups excluding carboxylic acids is 6. The predicted molar refractivity (Wildman–Crippen MR) is 190 cm³/mol. The van der Waals surface area contributed by atoms with Crippen LogP contribution < -0.4 is 26.6 Å². The summed E-state index contributed by atoms with van der Waals surface area (Å²) >= 11 is 0. The van der Waals surface area contributed by atoms with Gasteiger partial charge >= 0.3 is 12.2 Å². The van der Waals surface area contributed by atoms with Crippen LogP contribution in [0.15, 0.2) is 60.7 Å². The second-order valence-electron chi connectivity index (χ2n) is 12.9. The lowest BCUT2D eigenvalue weighted by Crippen LogP contribution is -2.55. The fraction of sp³-hybridized carbons (Fsp3) is 0.486. The number of carbonyl (C=O) groups is 6. The molecule has 0 unspecified atom stereocenters. The number of amides is 6. The van der Waals surface area contributed by atoms with Gasteiger partial charge in [-0.2, -0.15) is 0 Å². The van der Waals surface area contributed by atoms with Gasteiger partial charge in [-0.25, -0.2) is 9.59 Å². The molecule has 0 saturated carbocycles. The van der Waals surface area contributed by atoms with Gasteiger partial charge in [-0.3, -0.25) is 19.2 Å². The molecule has 0 aliphatic rings. The van der Waals surface area contributed by atoms with Crippen LogP contribution in [0.5, 0.6) is 0 Å². The molecule has 2 atom stereocenters.